The van der Waals surface area contributed by atoms with E-state index in [0.717, 1.165) is 0 Å². The molecule has 0 aliphatic rings. The van der Waals surface area contributed by atoms with E-state index in [4.69, 9.17) is 10.5 Å². The maximum absolute atomic E-state index is 11.1. The predicted octanol–water partition coefficient (Wildman–Crippen LogP) is 2.23. The number of rotatable bonds is 4. The maximum Gasteiger partial charge on any atom is 0.404 e. The van der Waals surface area contributed by atoms with Crippen molar-refractivity contribution in [3.63, 3.8) is 0 Å². The summed E-state index contributed by atoms with van der Waals surface area (Å²) in [7, 11) is 0. The van der Waals surface area contributed by atoms with Crippen molar-refractivity contribution >= 4 is 12.1 Å². The highest BCUT2D eigenvalue weighted by atomic mass is 16.6. The lowest BCUT2D eigenvalue weighted by Gasteiger charge is -2.19. The molecule has 2 N–H and O–H groups in total. The molecule has 0 aliphatic carbocycles. The Balaban J connectivity index is 0. The third-order valence-corrected chi connectivity index (χ3v) is 1.19. The van der Waals surface area contributed by atoms with E-state index in [2.05, 4.69) is 4.74 Å². The first kappa shape index (κ1) is 17.1. The zero-order valence-electron chi connectivity index (χ0n) is 10.8. The van der Waals surface area contributed by atoms with Gasteiger partial charge >= 0.3 is 12.1 Å². The average Bonchev–Trinajstić information content (AvgIpc) is 2.13. The molecule has 0 heterocycles. The molecule has 0 aromatic carbocycles. The van der Waals surface area contributed by atoms with E-state index in [-0.39, 0.29) is 19.0 Å². The highest BCUT2D eigenvalue weighted by Crippen LogP contribution is 2.08. The fraction of sp³-hybridized carbons (Fsp3) is 0.818. The van der Waals surface area contributed by atoms with Crippen molar-refractivity contribution in [1.82, 2.24) is 0 Å². The Morgan fingerprint density at radius 2 is 1.69 bits per heavy atom. The summed E-state index contributed by atoms with van der Waals surface area (Å²) in [5, 5.41) is 0. The van der Waals surface area contributed by atoms with Crippen molar-refractivity contribution in [1.29, 1.82) is 0 Å². The molecule has 0 aromatic rings. The monoisotopic (exact) mass is 233 g/mol. The lowest BCUT2D eigenvalue weighted by molar-refractivity contribution is -0.155. The van der Waals surface area contributed by atoms with E-state index in [1.807, 2.05) is 13.8 Å². The molecule has 96 valence electrons. The van der Waals surface area contributed by atoms with Gasteiger partial charge in [0.25, 0.3) is 0 Å². The van der Waals surface area contributed by atoms with Gasteiger partial charge in [0.1, 0.15) is 5.60 Å². The smallest absolute Gasteiger partial charge is 0.404 e. The highest BCUT2D eigenvalue weighted by molar-refractivity contribution is 5.69. The molecule has 0 saturated carbocycles. The average molecular weight is 233 g/mol. The molecule has 5 heteroatoms. The largest absolute Gasteiger partial charge is 0.460 e. The van der Waals surface area contributed by atoms with Crippen LogP contribution < -0.4 is 5.73 Å². The predicted molar refractivity (Wildman–Crippen MR) is 62.0 cm³/mol. The first-order valence-corrected chi connectivity index (χ1v) is 5.45. The number of carbonyl (C=O) groups excluding carboxylic acids is 2. The summed E-state index contributed by atoms with van der Waals surface area (Å²) in [6.07, 6.45) is -0.170. The van der Waals surface area contributed by atoms with Crippen molar-refractivity contribution in [3.05, 3.63) is 0 Å². The molecular weight excluding hydrogens is 210 g/mol. The molecule has 0 atom stereocenters. The van der Waals surface area contributed by atoms with Crippen molar-refractivity contribution in [2.24, 2.45) is 5.73 Å². The van der Waals surface area contributed by atoms with Crippen molar-refractivity contribution in [2.75, 3.05) is 6.61 Å². The number of carbonyl (C=O) groups is 2. The Bertz CT molecular complexity index is 209. The summed E-state index contributed by atoms with van der Waals surface area (Å²) in [6, 6.07) is 0. The number of hydrogen-bond acceptors (Lipinski definition) is 4. The molecule has 1 amide bonds. The molecule has 0 unspecified atom stereocenters. The van der Waals surface area contributed by atoms with Crippen molar-refractivity contribution < 1.29 is 19.1 Å². The number of nitrogens with two attached hydrogens (primary N) is 1. The molecule has 16 heavy (non-hydrogen) atoms. The summed E-state index contributed by atoms with van der Waals surface area (Å²) >= 11 is 0. The molecule has 0 aromatic heterocycles. The second kappa shape index (κ2) is 9.00. The van der Waals surface area contributed by atoms with Crippen LogP contribution in [-0.4, -0.2) is 24.3 Å². The number of ether oxygens (including phenoxy) is 2. The maximum atomic E-state index is 11.1. The molecule has 0 bridgehead atoms. The van der Waals surface area contributed by atoms with Gasteiger partial charge in [-0.3, -0.25) is 4.79 Å². The van der Waals surface area contributed by atoms with E-state index in [9.17, 15) is 9.59 Å². The Morgan fingerprint density at radius 1 is 1.19 bits per heavy atom. The normalized spacial score (nSPS) is 9.81. The summed E-state index contributed by atoms with van der Waals surface area (Å²) in [5.41, 5.74) is 4.26. The lowest BCUT2D eigenvalue weighted by atomic mass is 10.2. The zero-order chi connectivity index (χ0) is 13.2. The fourth-order valence-corrected chi connectivity index (χ4v) is 0.782. The zero-order valence-corrected chi connectivity index (χ0v) is 10.8. The highest BCUT2D eigenvalue weighted by Gasteiger charge is 2.15. The van der Waals surface area contributed by atoms with E-state index in [1.54, 1.807) is 20.8 Å². The van der Waals surface area contributed by atoms with Crippen LogP contribution in [0.15, 0.2) is 0 Å². The van der Waals surface area contributed by atoms with E-state index in [0.29, 0.717) is 6.42 Å². The van der Waals surface area contributed by atoms with Gasteiger partial charge in [0.15, 0.2) is 0 Å². The minimum atomic E-state index is -0.825. The van der Waals surface area contributed by atoms with E-state index in [1.165, 1.54) is 0 Å². The molecule has 0 rings (SSSR count). The SMILES string of the molecule is CC.CC(C)(C)OC(=O)CCCOC(N)=O. The van der Waals surface area contributed by atoms with Gasteiger partial charge in [-0.1, -0.05) is 13.8 Å². The van der Waals surface area contributed by atoms with Gasteiger partial charge in [0.05, 0.1) is 6.61 Å². The summed E-state index contributed by atoms with van der Waals surface area (Å²) in [4.78, 5) is 21.3. The second-order valence-electron chi connectivity index (χ2n) is 3.86. The van der Waals surface area contributed by atoms with Crippen molar-refractivity contribution in [3.8, 4) is 0 Å². The van der Waals surface area contributed by atoms with E-state index >= 15 is 0 Å². The summed E-state index contributed by atoms with van der Waals surface area (Å²) < 4.78 is 9.49. The van der Waals surface area contributed by atoms with Crippen LogP contribution in [0.5, 0.6) is 0 Å². The molecule has 0 fully saturated rings. The Morgan fingerprint density at radius 3 is 2.06 bits per heavy atom. The minimum Gasteiger partial charge on any atom is -0.460 e. The molecule has 0 spiro atoms. The number of esters is 1. The third-order valence-electron chi connectivity index (χ3n) is 1.19. The van der Waals surface area contributed by atoms with Crippen LogP contribution in [0.25, 0.3) is 0 Å². The van der Waals surface area contributed by atoms with Crippen LogP contribution in [0, 0.1) is 0 Å². The van der Waals surface area contributed by atoms with E-state index < -0.39 is 11.7 Å². The van der Waals surface area contributed by atoms with Crippen LogP contribution in [0.3, 0.4) is 0 Å². The van der Waals surface area contributed by atoms with Gasteiger partial charge in [0, 0.05) is 6.42 Å². The van der Waals surface area contributed by atoms with Crippen LogP contribution in [0.4, 0.5) is 4.79 Å². The van der Waals surface area contributed by atoms with Gasteiger partial charge in [-0.05, 0) is 27.2 Å². The van der Waals surface area contributed by atoms with Crippen LogP contribution in [0.1, 0.15) is 47.5 Å². The lowest BCUT2D eigenvalue weighted by Crippen LogP contribution is -2.24. The topological polar surface area (TPSA) is 78.6 Å². The molecule has 5 nitrogen and oxygen atoms in total. The second-order valence-corrected chi connectivity index (χ2v) is 3.86. The standard InChI is InChI=1S/C9H17NO4.C2H6/c1-9(2,3)14-7(11)5-4-6-13-8(10)12;1-2/h4-6H2,1-3H3,(H2,10,12);1-2H3. The molecule has 0 aliphatic heterocycles. The molecule has 0 radical (unpaired) electrons. The number of amides is 1. The Labute approximate surface area is 97.3 Å². The first-order valence-electron chi connectivity index (χ1n) is 5.45. The molecule has 0 saturated heterocycles. The van der Waals surface area contributed by atoms with Crippen LogP contribution >= 0.6 is 0 Å². The van der Waals surface area contributed by atoms with Crippen LogP contribution in [0.2, 0.25) is 0 Å². The molecular formula is C11H23NO4. The Hall–Kier alpha value is -1.26. The van der Waals surface area contributed by atoms with Gasteiger partial charge in [-0.15, -0.1) is 0 Å². The fourth-order valence-electron chi connectivity index (χ4n) is 0.782. The number of hydrogen-bond donors (Lipinski definition) is 1. The van der Waals surface area contributed by atoms with Gasteiger partial charge in [0.2, 0.25) is 0 Å². The Kier molecular flexibility index (Phi) is 9.65. The summed E-state index contributed by atoms with van der Waals surface area (Å²) in [6.45, 7) is 9.54. The van der Waals surface area contributed by atoms with Gasteiger partial charge < -0.3 is 15.2 Å². The summed E-state index contributed by atoms with van der Waals surface area (Å²) in [5.74, 6) is -0.300. The number of primary amides is 1. The third kappa shape index (κ3) is 15.2. The van der Waals surface area contributed by atoms with Crippen LogP contribution in [-0.2, 0) is 14.3 Å². The van der Waals surface area contributed by atoms with Gasteiger partial charge in [-0.2, -0.15) is 0 Å². The first-order chi connectivity index (χ1) is 7.31. The van der Waals surface area contributed by atoms with Crippen molar-refractivity contribution in [2.45, 2.75) is 53.1 Å². The van der Waals surface area contributed by atoms with Gasteiger partial charge in [-0.25, -0.2) is 4.79 Å². The minimum absolute atomic E-state index is 0.147. The quantitative estimate of drug-likeness (QED) is 0.596.